The second kappa shape index (κ2) is 5.84. The number of aromatic nitrogens is 3. The smallest absolute Gasteiger partial charge is 0.173 e. The van der Waals surface area contributed by atoms with Gasteiger partial charge in [-0.2, -0.15) is 0 Å². The molecule has 3 aromatic rings. The van der Waals surface area contributed by atoms with E-state index in [9.17, 15) is 0 Å². The number of nitrogens with zero attached hydrogens (tertiary/aromatic N) is 4. The van der Waals surface area contributed by atoms with Crippen LogP contribution in [0, 0.1) is 0 Å². The van der Waals surface area contributed by atoms with E-state index in [0.29, 0.717) is 12.6 Å². The van der Waals surface area contributed by atoms with Crippen LogP contribution in [-0.4, -0.2) is 34.1 Å². The highest BCUT2D eigenvalue weighted by Gasteiger charge is 2.35. The van der Waals surface area contributed by atoms with E-state index in [1.807, 2.05) is 48.7 Å². The lowest BCUT2D eigenvalue weighted by Gasteiger charge is -2.31. The molecule has 0 N–H and O–H groups in total. The van der Waals surface area contributed by atoms with Crippen LogP contribution in [0.2, 0.25) is 0 Å². The number of fused-ring (bicyclic) bond motifs is 1. The molecule has 2 aliphatic rings. The molecule has 25 heavy (non-hydrogen) atoms. The predicted molar refractivity (Wildman–Crippen MR) is 96.6 cm³/mol. The topological polar surface area (TPSA) is 51.1 Å². The van der Waals surface area contributed by atoms with Crippen molar-refractivity contribution in [2.24, 2.45) is 0 Å². The van der Waals surface area contributed by atoms with Gasteiger partial charge in [0.25, 0.3) is 0 Å². The minimum atomic E-state index is 0.589. The molecule has 5 rings (SSSR count). The lowest BCUT2D eigenvalue weighted by Crippen LogP contribution is -2.35. The van der Waals surface area contributed by atoms with Gasteiger partial charge in [0.1, 0.15) is 6.61 Å². The van der Waals surface area contributed by atoms with Crippen LogP contribution in [0.1, 0.15) is 12.8 Å². The molecule has 0 bridgehead atoms. The molecule has 5 nitrogen and oxygen atoms in total. The van der Waals surface area contributed by atoms with E-state index >= 15 is 0 Å². The third-order valence-electron chi connectivity index (χ3n) is 4.66. The Morgan fingerprint density at radius 3 is 2.36 bits per heavy atom. The maximum absolute atomic E-state index is 6.04. The lowest BCUT2D eigenvalue weighted by molar-refractivity contribution is 0.305. The van der Waals surface area contributed by atoms with Crippen LogP contribution in [0.4, 0.5) is 5.82 Å². The van der Waals surface area contributed by atoms with Crippen molar-refractivity contribution in [1.82, 2.24) is 15.0 Å². The zero-order chi connectivity index (χ0) is 16.6. The minimum absolute atomic E-state index is 0.589. The molecule has 4 heterocycles. The average molecular weight is 330 g/mol. The van der Waals surface area contributed by atoms with Gasteiger partial charge in [-0.3, -0.25) is 9.97 Å². The van der Waals surface area contributed by atoms with E-state index in [2.05, 4.69) is 14.9 Å². The summed E-state index contributed by atoms with van der Waals surface area (Å²) in [6.45, 7) is 1.58. The second-order valence-corrected chi connectivity index (χ2v) is 6.41. The predicted octanol–water partition coefficient (Wildman–Crippen LogP) is 3.57. The van der Waals surface area contributed by atoms with E-state index in [1.54, 1.807) is 6.20 Å². The van der Waals surface area contributed by atoms with Gasteiger partial charge in [-0.05, 0) is 43.2 Å². The molecule has 1 fully saturated rings. The van der Waals surface area contributed by atoms with Crippen molar-refractivity contribution in [3.8, 4) is 28.4 Å². The van der Waals surface area contributed by atoms with Crippen LogP contribution < -0.4 is 9.64 Å². The van der Waals surface area contributed by atoms with Crippen molar-refractivity contribution in [3.63, 3.8) is 0 Å². The van der Waals surface area contributed by atoms with E-state index in [1.165, 1.54) is 12.8 Å². The van der Waals surface area contributed by atoms with E-state index < -0.39 is 0 Å². The van der Waals surface area contributed by atoms with Crippen LogP contribution in [0.15, 0.2) is 54.9 Å². The summed E-state index contributed by atoms with van der Waals surface area (Å²) in [5, 5.41) is 0. The van der Waals surface area contributed by atoms with Crippen LogP contribution in [0.25, 0.3) is 22.6 Å². The summed E-state index contributed by atoms with van der Waals surface area (Å²) in [5.41, 5.74) is 3.60. The van der Waals surface area contributed by atoms with Crippen molar-refractivity contribution in [2.45, 2.75) is 18.9 Å². The van der Waals surface area contributed by atoms with Crippen LogP contribution >= 0.6 is 0 Å². The Labute approximate surface area is 146 Å². The third kappa shape index (κ3) is 2.61. The molecule has 3 aromatic heterocycles. The highest BCUT2D eigenvalue weighted by Crippen LogP contribution is 2.44. The Morgan fingerprint density at radius 2 is 1.68 bits per heavy atom. The van der Waals surface area contributed by atoms with E-state index in [4.69, 9.17) is 9.72 Å². The van der Waals surface area contributed by atoms with Gasteiger partial charge in [0.05, 0.1) is 23.6 Å². The molecule has 1 saturated carbocycles. The Kier molecular flexibility index (Phi) is 3.37. The highest BCUT2D eigenvalue weighted by atomic mass is 16.5. The zero-order valence-electron chi connectivity index (χ0n) is 13.8. The highest BCUT2D eigenvalue weighted by molar-refractivity contribution is 5.80. The maximum atomic E-state index is 6.04. The van der Waals surface area contributed by atoms with Crippen molar-refractivity contribution < 1.29 is 4.74 Å². The summed E-state index contributed by atoms with van der Waals surface area (Å²) in [4.78, 5) is 16.3. The van der Waals surface area contributed by atoms with Crippen LogP contribution in [-0.2, 0) is 0 Å². The number of ether oxygens (including phenoxy) is 1. The summed E-state index contributed by atoms with van der Waals surface area (Å²) in [7, 11) is 0. The van der Waals surface area contributed by atoms with Crippen molar-refractivity contribution in [1.29, 1.82) is 0 Å². The fourth-order valence-electron chi connectivity index (χ4n) is 3.31. The first-order valence-electron chi connectivity index (χ1n) is 8.67. The van der Waals surface area contributed by atoms with Crippen LogP contribution in [0.3, 0.4) is 0 Å². The van der Waals surface area contributed by atoms with Gasteiger partial charge in [0, 0.05) is 24.0 Å². The summed E-state index contributed by atoms with van der Waals surface area (Å²) in [6, 6.07) is 14.5. The van der Waals surface area contributed by atoms with Gasteiger partial charge in [-0.15, -0.1) is 0 Å². The van der Waals surface area contributed by atoms with E-state index in [0.717, 1.165) is 40.8 Å². The maximum Gasteiger partial charge on any atom is 0.173 e. The Bertz CT molecular complexity index is 894. The van der Waals surface area contributed by atoms with Gasteiger partial charge in [-0.1, -0.05) is 12.1 Å². The van der Waals surface area contributed by atoms with E-state index in [-0.39, 0.29) is 0 Å². The number of hydrogen-bond donors (Lipinski definition) is 0. The fraction of sp³-hybridized carbons (Fsp3) is 0.250. The average Bonchev–Trinajstić information content (AvgIpc) is 3.53. The Balaban J connectivity index is 1.73. The molecule has 1 aliphatic heterocycles. The zero-order valence-corrected chi connectivity index (χ0v) is 13.8. The van der Waals surface area contributed by atoms with Gasteiger partial charge in [0.2, 0.25) is 0 Å². The lowest BCUT2D eigenvalue weighted by atomic mass is 10.1. The molecule has 0 unspecified atom stereocenters. The summed E-state index contributed by atoms with van der Waals surface area (Å²) in [6.07, 6.45) is 6.07. The fourth-order valence-corrected chi connectivity index (χ4v) is 3.31. The number of anilines is 1. The normalized spacial score (nSPS) is 16.2. The molecular weight excluding hydrogens is 312 g/mol. The summed E-state index contributed by atoms with van der Waals surface area (Å²) in [5.74, 6) is 1.77. The first-order valence-corrected chi connectivity index (χ1v) is 8.67. The Hall–Kier alpha value is -2.95. The molecule has 0 spiro atoms. The van der Waals surface area contributed by atoms with Gasteiger partial charge in [0.15, 0.2) is 11.6 Å². The standard InChI is InChI=1S/C20H18N4O/c1-3-9-21-16(5-1)15-13-18(17-6-2-4-10-22-17)23-20-19(15)25-12-11-24(20)14-7-8-14/h1-6,9-10,13-14H,7-8,11-12H2. The van der Waals surface area contributed by atoms with Gasteiger partial charge in [-0.25, -0.2) is 4.98 Å². The molecule has 0 aromatic carbocycles. The first-order chi connectivity index (χ1) is 12.4. The third-order valence-corrected chi connectivity index (χ3v) is 4.66. The largest absolute Gasteiger partial charge is 0.487 e. The molecule has 0 radical (unpaired) electrons. The second-order valence-electron chi connectivity index (χ2n) is 6.41. The van der Waals surface area contributed by atoms with Crippen LogP contribution in [0.5, 0.6) is 5.75 Å². The molecule has 0 atom stereocenters. The molecule has 124 valence electrons. The van der Waals surface area contributed by atoms with Crippen molar-refractivity contribution in [3.05, 3.63) is 54.9 Å². The number of hydrogen-bond acceptors (Lipinski definition) is 5. The molecule has 0 amide bonds. The molecule has 1 aliphatic carbocycles. The van der Waals surface area contributed by atoms with Gasteiger partial charge < -0.3 is 9.64 Å². The van der Waals surface area contributed by atoms with Gasteiger partial charge >= 0.3 is 0 Å². The SMILES string of the molecule is c1ccc(-c2cc(-c3ccccn3)c3c(n2)N(C2CC2)CCO3)nc1. The quantitative estimate of drug-likeness (QED) is 0.735. The minimum Gasteiger partial charge on any atom is -0.487 e. The number of rotatable bonds is 3. The number of pyridine rings is 3. The monoisotopic (exact) mass is 330 g/mol. The Morgan fingerprint density at radius 1 is 0.920 bits per heavy atom. The first kappa shape index (κ1) is 14.4. The van der Waals surface area contributed by atoms with Crippen molar-refractivity contribution in [2.75, 3.05) is 18.1 Å². The molecule has 0 saturated heterocycles. The molecule has 5 heteroatoms. The summed E-state index contributed by atoms with van der Waals surface area (Å²) >= 11 is 0. The molecular formula is C20H18N4O. The van der Waals surface area contributed by atoms with Crippen molar-refractivity contribution >= 4 is 5.82 Å². The summed E-state index contributed by atoms with van der Waals surface area (Å²) < 4.78 is 6.04.